The lowest BCUT2D eigenvalue weighted by atomic mass is 10.2. The number of hydrogen-bond acceptors (Lipinski definition) is 3. The van der Waals surface area contributed by atoms with E-state index in [2.05, 4.69) is 15.4 Å². The van der Waals surface area contributed by atoms with E-state index in [-0.39, 0.29) is 17.1 Å². The Kier molecular flexibility index (Phi) is 5.96. The van der Waals surface area contributed by atoms with Gasteiger partial charge in [0, 0.05) is 5.69 Å². The fourth-order valence-corrected chi connectivity index (χ4v) is 2.00. The molecule has 10 heteroatoms. The summed E-state index contributed by atoms with van der Waals surface area (Å²) >= 11 is 0. The summed E-state index contributed by atoms with van der Waals surface area (Å²) < 4.78 is 80.0. The van der Waals surface area contributed by atoms with Crippen LogP contribution in [0.25, 0.3) is 0 Å². The Morgan fingerprint density at radius 3 is 2.46 bits per heavy atom. The Labute approximate surface area is 143 Å². The van der Waals surface area contributed by atoms with Crippen molar-refractivity contribution >= 4 is 17.3 Å². The average Bonchev–Trinajstić information content (AvgIpc) is 2.54. The molecule has 2 rings (SSSR count). The van der Waals surface area contributed by atoms with Gasteiger partial charge >= 0.3 is 12.8 Å². The normalized spacial score (nSPS) is 11.3. The summed E-state index contributed by atoms with van der Waals surface area (Å²) in [5.41, 5.74) is -1.64. The Balaban J connectivity index is 2.02. The van der Waals surface area contributed by atoms with Crippen LogP contribution in [0, 0.1) is 5.82 Å². The zero-order chi connectivity index (χ0) is 19.3. The summed E-state index contributed by atoms with van der Waals surface area (Å²) in [7, 11) is 0. The van der Waals surface area contributed by atoms with Crippen LogP contribution in [-0.4, -0.2) is 19.1 Å². The minimum atomic E-state index is -4.88. The SMILES string of the molecule is O=C(CNc1ccc(F)c(C(F)(F)F)c1)Nc1ccccc1OC(F)F. The Morgan fingerprint density at radius 2 is 1.81 bits per heavy atom. The van der Waals surface area contributed by atoms with Gasteiger partial charge in [-0.25, -0.2) is 4.39 Å². The van der Waals surface area contributed by atoms with Gasteiger partial charge in [0.25, 0.3) is 0 Å². The number of halogens is 6. The molecule has 4 nitrogen and oxygen atoms in total. The van der Waals surface area contributed by atoms with E-state index in [1.165, 1.54) is 24.3 Å². The smallest absolute Gasteiger partial charge is 0.419 e. The molecule has 0 radical (unpaired) electrons. The molecule has 0 spiro atoms. The van der Waals surface area contributed by atoms with Gasteiger partial charge in [-0.1, -0.05) is 12.1 Å². The quantitative estimate of drug-likeness (QED) is 0.728. The van der Waals surface area contributed by atoms with Crippen LogP contribution in [0.15, 0.2) is 42.5 Å². The van der Waals surface area contributed by atoms with E-state index in [9.17, 15) is 31.1 Å². The van der Waals surface area contributed by atoms with Gasteiger partial charge in [0.1, 0.15) is 11.6 Å². The van der Waals surface area contributed by atoms with Crippen molar-refractivity contribution in [1.82, 2.24) is 0 Å². The van der Waals surface area contributed by atoms with Crippen LogP contribution < -0.4 is 15.4 Å². The number of anilines is 2. The van der Waals surface area contributed by atoms with Gasteiger partial charge < -0.3 is 15.4 Å². The first-order chi connectivity index (χ1) is 12.2. The highest BCUT2D eigenvalue weighted by atomic mass is 19.4. The van der Waals surface area contributed by atoms with Crippen LogP contribution in [-0.2, 0) is 11.0 Å². The molecule has 0 unspecified atom stereocenters. The molecule has 0 atom stereocenters. The van der Waals surface area contributed by atoms with Crippen molar-refractivity contribution in [3.8, 4) is 5.75 Å². The first-order valence-electron chi connectivity index (χ1n) is 7.11. The van der Waals surface area contributed by atoms with Crippen molar-refractivity contribution < 1.29 is 35.9 Å². The number of alkyl halides is 5. The van der Waals surface area contributed by atoms with Crippen LogP contribution in [0.5, 0.6) is 5.75 Å². The van der Waals surface area contributed by atoms with E-state index in [4.69, 9.17) is 0 Å². The molecule has 2 N–H and O–H groups in total. The van der Waals surface area contributed by atoms with Crippen molar-refractivity contribution in [2.75, 3.05) is 17.2 Å². The van der Waals surface area contributed by atoms with Crippen LogP contribution >= 0.6 is 0 Å². The van der Waals surface area contributed by atoms with Crippen LogP contribution in [0.1, 0.15) is 5.56 Å². The summed E-state index contributed by atoms with van der Waals surface area (Å²) in [6.45, 7) is -3.57. The summed E-state index contributed by atoms with van der Waals surface area (Å²) in [6, 6.07) is 7.59. The highest BCUT2D eigenvalue weighted by molar-refractivity contribution is 5.95. The number of rotatable bonds is 6. The third kappa shape index (κ3) is 5.30. The minimum absolute atomic E-state index is 0.0327. The second-order valence-corrected chi connectivity index (χ2v) is 4.97. The zero-order valence-corrected chi connectivity index (χ0v) is 12.9. The molecule has 0 aliphatic rings. The van der Waals surface area contributed by atoms with Crippen molar-refractivity contribution in [3.63, 3.8) is 0 Å². The van der Waals surface area contributed by atoms with E-state index in [1.807, 2.05) is 0 Å². The highest BCUT2D eigenvalue weighted by Gasteiger charge is 2.34. The standard InChI is InChI=1S/C16H12F6N2O2/c17-11-6-5-9(7-10(11)16(20,21)22)23-8-14(25)24-12-3-1-2-4-13(12)26-15(18)19/h1-7,15,23H,8H2,(H,24,25). The number of ether oxygens (including phenoxy) is 1. The van der Waals surface area contributed by atoms with Crippen LogP contribution in [0.2, 0.25) is 0 Å². The highest BCUT2D eigenvalue weighted by Crippen LogP contribution is 2.33. The van der Waals surface area contributed by atoms with Crippen molar-refractivity contribution in [3.05, 3.63) is 53.8 Å². The molecular weight excluding hydrogens is 366 g/mol. The maximum atomic E-state index is 13.2. The third-order valence-corrected chi connectivity index (χ3v) is 3.10. The van der Waals surface area contributed by atoms with E-state index in [0.717, 1.165) is 6.07 Å². The molecule has 0 heterocycles. The first-order valence-corrected chi connectivity index (χ1v) is 7.11. The lowest BCUT2D eigenvalue weighted by Gasteiger charge is -2.13. The molecule has 2 aromatic rings. The second-order valence-electron chi connectivity index (χ2n) is 4.97. The first kappa shape index (κ1) is 19.4. The number of carbonyl (C=O) groups is 1. The molecule has 0 bridgehead atoms. The largest absolute Gasteiger partial charge is 0.433 e. The van der Waals surface area contributed by atoms with Crippen molar-refractivity contribution in [2.45, 2.75) is 12.8 Å². The Morgan fingerprint density at radius 1 is 1.12 bits per heavy atom. The summed E-state index contributed by atoms with van der Waals surface area (Å²) in [5.74, 6) is -2.43. The van der Waals surface area contributed by atoms with Gasteiger partial charge in [0.15, 0.2) is 0 Å². The molecule has 0 saturated carbocycles. The molecular formula is C16H12F6N2O2. The molecule has 0 fully saturated rings. The lowest BCUT2D eigenvalue weighted by molar-refractivity contribution is -0.139. The number of para-hydroxylation sites is 2. The second kappa shape index (κ2) is 7.98. The predicted molar refractivity (Wildman–Crippen MR) is 81.6 cm³/mol. The Hall–Kier alpha value is -2.91. The number of amides is 1. The van der Waals surface area contributed by atoms with Crippen LogP contribution in [0.3, 0.4) is 0 Å². The molecule has 26 heavy (non-hydrogen) atoms. The third-order valence-electron chi connectivity index (χ3n) is 3.10. The van der Waals surface area contributed by atoms with E-state index in [0.29, 0.717) is 12.1 Å². The summed E-state index contributed by atoms with van der Waals surface area (Å²) in [4.78, 5) is 11.9. The van der Waals surface area contributed by atoms with Crippen LogP contribution in [0.4, 0.5) is 37.7 Å². The lowest BCUT2D eigenvalue weighted by Crippen LogP contribution is -2.22. The summed E-state index contributed by atoms with van der Waals surface area (Å²) in [5, 5.41) is 4.68. The zero-order valence-electron chi connectivity index (χ0n) is 12.9. The average molecular weight is 378 g/mol. The fraction of sp³-hybridized carbons (Fsp3) is 0.188. The van der Waals surface area contributed by atoms with Crippen molar-refractivity contribution in [1.29, 1.82) is 0 Å². The number of carbonyl (C=O) groups excluding carboxylic acids is 1. The van der Waals surface area contributed by atoms with Gasteiger partial charge in [-0.2, -0.15) is 22.0 Å². The van der Waals surface area contributed by atoms with E-state index in [1.54, 1.807) is 0 Å². The van der Waals surface area contributed by atoms with Gasteiger partial charge in [0.05, 0.1) is 17.8 Å². The van der Waals surface area contributed by atoms with Crippen molar-refractivity contribution in [2.24, 2.45) is 0 Å². The minimum Gasteiger partial charge on any atom is -0.433 e. The molecule has 0 aliphatic heterocycles. The van der Waals surface area contributed by atoms with Gasteiger partial charge in [-0.15, -0.1) is 0 Å². The number of nitrogens with one attached hydrogen (secondary N) is 2. The topological polar surface area (TPSA) is 50.4 Å². The van der Waals surface area contributed by atoms with Gasteiger partial charge in [-0.3, -0.25) is 4.79 Å². The predicted octanol–water partition coefficient (Wildman–Crippen LogP) is 4.50. The van der Waals surface area contributed by atoms with Gasteiger partial charge in [-0.05, 0) is 30.3 Å². The maximum absolute atomic E-state index is 13.2. The molecule has 1 amide bonds. The number of benzene rings is 2. The molecule has 0 aliphatic carbocycles. The monoisotopic (exact) mass is 378 g/mol. The fourth-order valence-electron chi connectivity index (χ4n) is 2.00. The van der Waals surface area contributed by atoms with Gasteiger partial charge in [0.2, 0.25) is 5.91 Å². The summed E-state index contributed by atoms with van der Waals surface area (Å²) in [6.07, 6.45) is -4.88. The molecule has 140 valence electrons. The maximum Gasteiger partial charge on any atom is 0.419 e. The Bertz CT molecular complexity index is 780. The number of hydrogen-bond donors (Lipinski definition) is 2. The molecule has 0 saturated heterocycles. The molecule has 2 aromatic carbocycles. The molecule has 0 aromatic heterocycles. The van der Waals surface area contributed by atoms with E-state index >= 15 is 0 Å². The van der Waals surface area contributed by atoms with E-state index < -0.39 is 36.6 Å².